The Labute approximate surface area is 149 Å². The third kappa shape index (κ3) is 2.86. The number of carbonyl (C=O) groups excluding carboxylic acids is 1. The predicted octanol–water partition coefficient (Wildman–Crippen LogP) is 4.42. The molecule has 0 aromatic carbocycles. The minimum absolute atomic E-state index is 0.0178. The lowest BCUT2D eigenvalue weighted by Crippen LogP contribution is -2.47. The van der Waals surface area contributed by atoms with Crippen molar-refractivity contribution in [2.24, 2.45) is 11.3 Å². The van der Waals surface area contributed by atoms with Crippen LogP contribution >= 0.6 is 0 Å². The van der Waals surface area contributed by atoms with Gasteiger partial charge in [-0.3, -0.25) is 0 Å². The van der Waals surface area contributed by atoms with E-state index in [1.54, 1.807) is 12.3 Å². The number of aliphatic hydroxyl groups excluding tert-OH is 1. The van der Waals surface area contributed by atoms with Crippen LogP contribution in [0.4, 0.5) is 0 Å². The number of furan rings is 1. The van der Waals surface area contributed by atoms with Crippen molar-refractivity contribution in [3.8, 4) is 0 Å². The molecule has 3 rings (SSSR count). The number of carbonyl (C=O) groups is 1. The second-order valence-electron chi connectivity index (χ2n) is 7.69. The van der Waals surface area contributed by atoms with Gasteiger partial charge in [0.1, 0.15) is 11.9 Å². The van der Waals surface area contributed by atoms with Gasteiger partial charge in [0, 0.05) is 35.8 Å². The van der Waals surface area contributed by atoms with Crippen LogP contribution in [0.1, 0.15) is 63.5 Å². The van der Waals surface area contributed by atoms with Crippen molar-refractivity contribution >= 4 is 5.97 Å². The van der Waals surface area contributed by atoms with Gasteiger partial charge < -0.3 is 14.3 Å². The molecule has 0 fully saturated rings. The Morgan fingerprint density at radius 3 is 2.92 bits per heavy atom. The standard InChI is InChI=1S/C21H28O4/c1-6-12(2)9-18(22)25-16-8-7-15-10-17-19(13(3)11-24-17)20(23)21(15,5)14(16)4/h7,9,11,14,16,20,23H,6,8,10H2,1-5H3. The Balaban J connectivity index is 1.88. The van der Waals surface area contributed by atoms with E-state index in [1.165, 1.54) is 5.57 Å². The van der Waals surface area contributed by atoms with Crippen LogP contribution in [0.2, 0.25) is 0 Å². The summed E-state index contributed by atoms with van der Waals surface area (Å²) in [6.07, 6.45) is 6.77. The number of aliphatic hydroxyl groups is 1. The summed E-state index contributed by atoms with van der Waals surface area (Å²) in [4.78, 5) is 12.2. The number of fused-ring (bicyclic) bond motifs is 2. The Morgan fingerprint density at radius 2 is 2.24 bits per heavy atom. The average molecular weight is 344 g/mol. The van der Waals surface area contributed by atoms with Crippen molar-refractivity contribution < 1.29 is 19.1 Å². The average Bonchev–Trinajstić information content (AvgIpc) is 2.94. The summed E-state index contributed by atoms with van der Waals surface area (Å²) in [7, 11) is 0. The lowest BCUT2D eigenvalue weighted by atomic mass is 9.58. The highest BCUT2D eigenvalue weighted by Gasteiger charge is 2.52. The van der Waals surface area contributed by atoms with Crippen LogP contribution in [-0.4, -0.2) is 17.2 Å². The molecule has 1 aromatic rings. The summed E-state index contributed by atoms with van der Waals surface area (Å²) in [5.41, 5.74) is 3.62. The molecular formula is C21H28O4. The molecule has 0 amide bonds. The van der Waals surface area contributed by atoms with E-state index in [2.05, 4.69) is 19.9 Å². The summed E-state index contributed by atoms with van der Waals surface area (Å²) in [6, 6.07) is 0. The molecule has 0 radical (unpaired) electrons. The van der Waals surface area contributed by atoms with Crippen molar-refractivity contribution in [1.82, 2.24) is 0 Å². The van der Waals surface area contributed by atoms with E-state index in [9.17, 15) is 9.90 Å². The first-order valence-electron chi connectivity index (χ1n) is 9.11. The second kappa shape index (κ2) is 6.49. The number of ether oxygens (including phenoxy) is 1. The lowest BCUT2D eigenvalue weighted by Gasteiger charge is -2.49. The van der Waals surface area contributed by atoms with Crippen LogP contribution in [-0.2, 0) is 16.0 Å². The van der Waals surface area contributed by atoms with Gasteiger partial charge in [-0.2, -0.15) is 0 Å². The van der Waals surface area contributed by atoms with Gasteiger partial charge in [0.25, 0.3) is 0 Å². The molecular weight excluding hydrogens is 316 g/mol. The maximum atomic E-state index is 12.2. The Morgan fingerprint density at radius 1 is 1.52 bits per heavy atom. The van der Waals surface area contributed by atoms with Crippen LogP contribution in [0.25, 0.3) is 0 Å². The lowest BCUT2D eigenvalue weighted by molar-refractivity contribution is -0.151. The molecule has 0 spiro atoms. The molecule has 4 unspecified atom stereocenters. The molecule has 4 nitrogen and oxygen atoms in total. The molecule has 1 heterocycles. The largest absolute Gasteiger partial charge is 0.468 e. The minimum Gasteiger partial charge on any atom is -0.468 e. The monoisotopic (exact) mass is 344 g/mol. The molecule has 0 saturated heterocycles. The molecule has 25 heavy (non-hydrogen) atoms. The maximum absolute atomic E-state index is 12.2. The van der Waals surface area contributed by atoms with E-state index < -0.39 is 11.5 Å². The van der Waals surface area contributed by atoms with E-state index in [0.717, 1.165) is 35.3 Å². The Bertz CT molecular complexity index is 739. The van der Waals surface area contributed by atoms with E-state index >= 15 is 0 Å². The molecule has 2 aliphatic rings. The van der Waals surface area contributed by atoms with Crippen LogP contribution < -0.4 is 0 Å². The topological polar surface area (TPSA) is 59.7 Å². The van der Waals surface area contributed by atoms with Crippen molar-refractivity contribution in [3.63, 3.8) is 0 Å². The Hall–Kier alpha value is -1.81. The normalized spacial score (nSPS) is 31.8. The highest BCUT2D eigenvalue weighted by Crippen LogP contribution is 2.56. The second-order valence-corrected chi connectivity index (χ2v) is 7.69. The van der Waals surface area contributed by atoms with E-state index in [0.29, 0.717) is 6.42 Å². The van der Waals surface area contributed by atoms with Crippen molar-refractivity contribution in [2.45, 2.75) is 66.1 Å². The fourth-order valence-electron chi connectivity index (χ4n) is 4.17. The summed E-state index contributed by atoms with van der Waals surface area (Å²) in [5, 5.41) is 11.1. The highest BCUT2D eigenvalue weighted by molar-refractivity contribution is 5.82. The van der Waals surface area contributed by atoms with Crippen molar-refractivity contribution in [3.05, 3.63) is 46.4 Å². The molecule has 4 atom stereocenters. The van der Waals surface area contributed by atoms with E-state index in [-0.39, 0.29) is 18.0 Å². The van der Waals surface area contributed by atoms with Gasteiger partial charge in [0.2, 0.25) is 0 Å². The van der Waals surface area contributed by atoms with Gasteiger partial charge in [-0.1, -0.05) is 38.0 Å². The molecule has 0 saturated carbocycles. The Kier molecular flexibility index (Phi) is 4.67. The number of allylic oxidation sites excluding steroid dienone is 1. The van der Waals surface area contributed by atoms with Gasteiger partial charge in [-0.15, -0.1) is 0 Å². The van der Waals surface area contributed by atoms with Crippen LogP contribution in [0.5, 0.6) is 0 Å². The first-order valence-corrected chi connectivity index (χ1v) is 9.11. The molecule has 2 aliphatic carbocycles. The van der Waals surface area contributed by atoms with Crippen molar-refractivity contribution in [1.29, 1.82) is 0 Å². The summed E-state index contributed by atoms with van der Waals surface area (Å²) >= 11 is 0. The quantitative estimate of drug-likeness (QED) is 0.501. The fraction of sp³-hybridized carbons (Fsp3) is 0.571. The zero-order valence-corrected chi connectivity index (χ0v) is 15.8. The smallest absolute Gasteiger partial charge is 0.330 e. The summed E-state index contributed by atoms with van der Waals surface area (Å²) in [5.74, 6) is 0.587. The molecule has 1 aromatic heterocycles. The molecule has 4 heteroatoms. The molecule has 0 bridgehead atoms. The van der Waals surface area contributed by atoms with Gasteiger partial charge >= 0.3 is 5.97 Å². The van der Waals surface area contributed by atoms with Gasteiger partial charge in [0.05, 0.1) is 12.4 Å². The highest BCUT2D eigenvalue weighted by atomic mass is 16.5. The number of esters is 1. The molecule has 0 aliphatic heterocycles. The third-order valence-corrected chi connectivity index (χ3v) is 6.28. The van der Waals surface area contributed by atoms with Crippen molar-refractivity contribution in [2.75, 3.05) is 0 Å². The van der Waals surface area contributed by atoms with Gasteiger partial charge in [0.15, 0.2) is 0 Å². The van der Waals surface area contributed by atoms with Crippen LogP contribution in [0.3, 0.4) is 0 Å². The number of aryl methyl sites for hydroxylation is 1. The van der Waals surface area contributed by atoms with Gasteiger partial charge in [-0.25, -0.2) is 4.79 Å². The minimum atomic E-state index is -0.648. The SMILES string of the molecule is CCC(C)=CC(=O)OC1CC=C2Cc3occ(C)c3C(O)C2(C)C1C. The predicted molar refractivity (Wildman–Crippen MR) is 96.0 cm³/mol. The molecule has 136 valence electrons. The summed E-state index contributed by atoms with van der Waals surface area (Å²) < 4.78 is 11.4. The summed E-state index contributed by atoms with van der Waals surface area (Å²) in [6.45, 7) is 10.1. The van der Waals surface area contributed by atoms with E-state index in [1.807, 2.05) is 20.8 Å². The number of rotatable bonds is 3. The maximum Gasteiger partial charge on any atom is 0.330 e. The zero-order valence-electron chi connectivity index (χ0n) is 15.8. The number of hydrogen-bond acceptors (Lipinski definition) is 4. The van der Waals surface area contributed by atoms with E-state index in [4.69, 9.17) is 9.15 Å². The first kappa shape index (κ1) is 18.0. The molecule has 1 N–H and O–H groups in total. The zero-order chi connectivity index (χ0) is 18.4. The fourth-order valence-corrected chi connectivity index (χ4v) is 4.17. The third-order valence-electron chi connectivity index (χ3n) is 6.28. The van der Waals surface area contributed by atoms with Crippen LogP contribution in [0.15, 0.2) is 34.0 Å². The van der Waals surface area contributed by atoms with Gasteiger partial charge in [-0.05, 0) is 25.8 Å². The first-order chi connectivity index (χ1) is 11.8. The van der Waals surface area contributed by atoms with Crippen LogP contribution in [0, 0.1) is 18.3 Å². The number of hydrogen-bond donors (Lipinski definition) is 1.